The molecule has 7 heteroatoms. The summed E-state index contributed by atoms with van der Waals surface area (Å²) in [5.74, 6) is -0.0484. The van der Waals surface area contributed by atoms with Crippen molar-refractivity contribution in [1.82, 2.24) is 9.78 Å². The van der Waals surface area contributed by atoms with Crippen molar-refractivity contribution in [3.05, 3.63) is 81.9 Å². The van der Waals surface area contributed by atoms with E-state index in [2.05, 4.69) is 10.4 Å². The highest BCUT2D eigenvalue weighted by atomic mass is 19.1. The molecule has 0 saturated carbocycles. The van der Waals surface area contributed by atoms with Gasteiger partial charge in [0, 0.05) is 24.8 Å². The number of benzene rings is 2. The molecule has 0 unspecified atom stereocenters. The Kier molecular flexibility index (Phi) is 5.84. The maximum absolute atomic E-state index is 13.6. The van der Waals surface area contributed by atoms with E-state index in [0.717, 1.165) is 36.2 Å². The zero-order valence-electron chi connectivity index (χ0n) is 17.6. The van der Waals surface area contributed by atoms with Crippen LogP contribution in [0.4, 0.5) is 15.9 Å². The van der Waals surface area contributed by atoms with Gasteiger partial charge in [-0.25, -0.2) is 4.39 Å². The minimum atomic E-state index is -0.433. The molecule has 0 radical (unpaired) electrons. The molecule has 6 nitrogen and oxygen atoms in total. The number of piperidine rings is 1. The van der Waals surface area contributed by atoms with Crippen molar-refractivity contribution < 1.29 is 9.18 Å². The summed E-state index contributed by atoms with van der Waals surface area (Å²) in [6, 6.07) is 14.7. The smallest absolute Gasteiger partial charge is 0.271 e. The van der Waals surface area contributed by atoms with E-state index in [1.54, 1.807) is 18.2 Å². The molecular formula is C24H25FN4O2. The van der Waals surface area contributed by atoms with Gasteiger partial charge in [0.15, 0.2) is 0 Å². The maximum Gasteiger partial charge on any atom is 0.271 e. The monoisotopic (exact) mass is 420 g/mol. The number of anilines is 2. The number of hydrogen-bond donors (Lipinski definition) is 1. The van der Waals surface area contributed by atoms with Crippen molar-refractivity contribution in [3.8, 4) is 5.69 Å². The van der Waals surface area contributed by atoms with Crippen LogP contribution in [0.25, 0.3) is 5.69 Å². The van der Waals surface area contributed by atoms with Crippen molar-refractivity contribution in [2.24, 2.45) is 5.92 Å². The number of nitrogens with zero attached hydrogens (tertiary/aromatic N) is 3. The van der Waals surface area contributed by atoms with Gasteiger partial charge >= 0.3 is 0 Å². The molecule has 1 fully saturated rings. The average Bonchev–Trinajstić information content (AvgIpc) is 2.77. The zero-order chi connectivity index (χ0) is 22.0. The Labute approximate surface area is 180 Å². The largest absolute Gasteiger partial charge is 0.354 e. The number of halogens is 1. The van der Waals surface area contributed by atoms with E-state index in [4.69, 9.17) is 0 Å². The van der Waals surface area contributed by atoms with Gasteiger partial charge in [-0.1, -0.05) is 18.2 Å². The van der Waals surface area contributed by atoms with E-state index in [1.807, 2.05) is 36.9 Å². The molecule has 1 aliphatic heterocycles. The van der Waals surface area contributed by atoms with Crippen LogP contribution < -0.4 is 15.8 Å². The molecule has 0 bridgehead atoms. The van der Waals surface area contributed by atoms with Gasteiger partial charge < -0.3 is 10.2 Å². The summed E-state index contributed by atoms with van der Waals surface area (Å²) < 4.78 is 14.8. The molecular weight excluding hydrogens is 395 g/mol. The van der Waals surface area contributed by atoms with E-state index in [0.29, 0.717) is 18.1 Å². The van der Waals surface area contributed by atoms with Crippen LogP contribution in [0.3, 0.4) is 0 Å². The lowest BCUT2D eigenvalue weighted by atomic mass is 9.96. The first-order valence-electron chi connectivity index (χ1n) is 10.4. The number of amides is 1. The summed E-state index contributed by atoms with van der Waals surface area (Å²) in [4.78, 5) is 27.2. The Hall–Kier alpha value is -3.48. The Morgan fingerprint density at radius 2 is 1.94 bits per heavy atom. The van der Waals surface area contributed by atoms with Gasteiger partial charge in [-0.3, -0.25) is 9.59 Å². The number of aromatic nitrogens is 2. The summed E-state index contributed by atoms with van der Waals surface area (Å²) in [6.07, 6.45) is 1.63. The lowest BCUT2D eigenvalue weighted by molar-refractivity contribution is -0.120. The average molecular weight is 420 g/mol. The van der Waals surface area contributed by atoms with E-state index >= 15 is 0 Å². The third-order valence-electron chi connectivity index (χ3n) is 5.82. The first-order chi connectivity index (χ1) is 14.9. The highest BCUT2D eigenvalue weighted by Gasteiger charge is 2.27. The Morgan fingerprint density at radius 3 is 2.74 bits per heavy atom. The third-order valence-corrected chi connectivity index (χ3v) is 5.82. The molecule has 0 aliphatic carbocycles. The predicted molar refractivity (Wildman–Crippen MR) is 119 cm³/mol. The van der Waals surface area contributed by atoms with Crippen LogP contribution in [0, 0.1) is 25.6 Å². The fourth-order valence-corrected chi connectivity index (χ4v) is 3.88. The van der Waals surface area contributed by atoms with Crippen LogP contribution in [0.15, 0.2) is 59.4 Å². The number of carbonyl (C=O) groups excluding carboxylic acids is 1. The predicted octanol–water partition coefficient (Wildman–Crippen LogP) is 3.84. The van der Waals surface area contributed by atoms with Gasteiger partial charge in [-0.05, 0) is 68.1 Å². The Bertz CT molecular complexity index is 1170. The molecule has 4 rings (SSSR count). The number of nitrogens with one attached hydrogen (secondary N) is 1. The summed E-state index contributed by atoms with van der Waals surface area (Å²) in [5, 5.41) is 7.50. The summed E-state index contributed by atoms with van der Waals surface area (Å²) in [7, 11) is 0. The molecule has 1 N–H and O–H groups in total. The van der Waals surface area contributed by atoms with Gasteiger partial charge in [0.25, 0.3) is 5.56 Å². The summed E-state index contributed by atoms with van der Waals surface area (Å²) >= 11 is 0. The van der Waals surface area contributed by atoms with Crippen LogP contribution in [0.2, 0.25) is 0 Å². The van der Waals surface area contributed by atoms with Gasteiger partial charge in [-0.15, -0.1) is 5.10 Å². The van der Waals surface area contributed by atoms with Gasteiger partial charge in [0.2, 0.25) is 5.91 Å². The normalized spacial score (nSPS) is 16.2. The van der Waals surface area contributed by atoms with E-state index < -0.39 is 5.82 Å². The van der Waals surface area contributed by atoms with E-state index in [-0.39, 0.29) is 17.4 Å². The molecule has 31 heavy (non-hydrogen) atoms. The second-order valence-electron chi connectivity index (χ2n) is 7.94. The number of hydrogen-bond acceptors (Lipinski definition) is 4. The molecule has 1 atom stereocenters. The minimum absolute atomic E-state index is 0.0168. The molecule has 160 valence electrons. The third kappa shape index (κ3) is 4.50. The topological polar surface area (TPSA) is 67.2 Å². The van der Waals surface area contributed by atoms with Crippen LogP contribution >= 0.6 is 0 Å². The molecule has 3 aromatic rings. The van der Waals surface area contributed by atoms with Crippen LogP contribution in [-0.4, -0.2) is 28.8 Å². The van der Waals surface area contributed by atoms with Gasteiger partial charge in [0.1, 0.15) is 11.6 Å². The Morgan fingerprint density at radius 1 is 1.13 bits per heavy atom. The fraction of sp³-hybridized carbons (Fsp3) is 0.292. The summed E-state index contributed by atoms with van der Waals surface area (Å²) in [5.41, 5.74) is 3.06. The fourth-order valence-electron chi connectivity index (χ4n) is 3.88. The second-order valence-corrected chi connectivity index (χ2v) is 7.94. The first kappa shape index (κ1) is 20.8. The second kappa shape index (κ2) is 8.71. The number of aryl methyl sites for hydroxylation is 1. The van der Waals surface area contributed by atoms with Crippen LogP contribution in [0.5, 0.6) is 0 Å². The van der Waals surface area contributed by atoms with Gasteiger partial charge in [-0.2, -0.15) is 4.68 Å². The highest BCUT2D eigenvalue weighted by Crippen LogP contribution is 2.24. The SMILES string of the molecule is Cc1cccc(NC(=O)[C@@H]2CCCN(c3ccc(=O)n(-c4cccc(F)c4)n3)C2)c1C. The number of carbonyl (C=O) groups is 1. The molecule has 1 amide bonds. The molecule has 1 saturated heterocycles. The van der Waals surface area contributed by atoms with E-state index in [9.17, 15) is 14.0 Å². The van der Waals surface area contributed by atoms with E-state index in [1.165, 1.54) is 22.9 Å². The van der Waals surface area contributed by atoms with Crippen molar-refractivity contribution in [1.29, 1.82) is 0 Å². The van der Waals surface area contributed by atoms with Crippen molar-refractivity contribution in [3.63, 3.8) is 0 Å². The Balaban J connectivity index is 1.53. The molecule has 0 spiro atoms. The molecule has 1 aliphatic rings. The summed E-state index contributed by atoms with van der Waals surface area (Å²) in [6.45, 7) is 5.26. The van der Waals surface area contributed by atoms with Gasteiger partial charge in [0.05, 0.1) is 11.6 Å². The highest BCUT2D eigenvalue weighted by molar-refractivity contribution is 5.93. The van der Waals surface area contributed by atoms with Crippen molar-refractivity contribution in [2.75, 3.05) is 23.3 Å². The standard InChI is InChI=1S/C24H25FN4O2/c1-16-6-3-10-21(17(16)2)26-24(31)18-7-5-13-28(15-18)22-11-12-23(30)29(27-22)20-9-4-8-19(25)14-20/h3-4,6,8-12,14,18H,5,7,13,15H2,1-2H3,(H,26,31)/t18-/m1/s1. The van der Waals surface area contributed by atoms with Crippen molar-refractivity contribution >= 4 is 17.4 Å². The quantitative estimate of drug-likeness (QED) is 0.696. The van der Waals surface area contributed by atoms with Crippen LogP contribution in [0.1, 0.15) is 24.0 Å². The zero-order valence-corrected chi connectivity index (χ0v) is 17.6. The first-order valence-corrected chi connectivity index (χ1v) is 10.4. The lowest BCUT2D eigenvalue weighted by Gasteiger charge is -2.33. The lowest BCUT2D eigenvalue weighted by Crippen LogP contribution is -2.42. The van der Waals surface area contributed by atoms with Crippen LogP contribution in [-0.2, 0) is 4.79 Å². The molecule has 2 aromatic carbocycles. The van der Waals surface area contributed by atoms with Crippen molar-refractivity contribution in [2.45, 2.75) is 26.7 Å². The molecule has 2 heterocycles. The maximum atomic E-state index is 13.6. The molecule has 1 aromatic heterocycles. The number of rotatable bonds is 4. The minimum Gasteiger partial charge on any atom is -0.354 e.